The molecule has 0 bridgehead atoms. The molecule has 1 unspecified atom stereocenters. The molecule has 0 saturated carbocycles. The molecule has 20 heavy (non-hydrogen) atoms. The van der Waals surface area contributed by atoms with Crippen LogP contribution in [-0.4, -0.2) is 16.8 Å². The lowest BCUT2D eigenvalue weighted by Gasteiger charge is -2.09. The zero-order valence-corrected chi connectivity index (χ0v) is 12.7. The van der Waals surface area contributed by atoms with Crippen LogP contribution in [0.5, 0.6) is 0 Å². The highest BCUT2D eigenvalue weighted by Gasteiger charge is 2.09. The van der Waals surface area contributed by atoms with E-state index in [4.69, 9.17) is 5.73 Å². The maximum absolute atomic E-state index is 6.22. The second kappa shape index (κ2) is 6.39. The number of aromatic nitrogens is 1. The van der Waals surface area contributed by atoms with Gasteiger partial charge in [0.1, 0.15) is 0 Å². The van der Waals surface area contributed by atoms with E-state index in [0.717, 1.165) is 22.7 Å². The molecule has 2 nitrogen and oxygen atoms in total. The van der Waals surface area contributed by atoms with Crippen LogP contribution in [0.25, 0.3) is 10.2 Å². The Morgan fingerprint density at radius 1 is 1.05 bits per heavy atom. The Balaban J connectivity index is 1.59. The first-order valence-corrected chi connectivity index (χ1v) is 8.39. The molecule has 1 atom stereocenters. The summed E-state index contributed by atoms with van der Waals surface area (Å²) in [6, 6.07) is 18.8. The molecular formula is C16H16N2S2. The first-order chi connectivity index (χ1) is 9.81. The Hall–Kier alpha value is -1.36. The number of thioether (sulfide) groups is 1. The van der Waals surface area contributed by atoms with Gasteiger partial charge in [-0.15, -0.1) is 23.1 Å². The van der Waals surface area contributed by atoms with Crippen molar-refractivity contribution in [3.8, 4) is 0 Å². The van der Waals surface area contributed by atoms with Crippen molar-refractivity contribution in [1.29, 1.82) is 0 Å². The Bertz CT molecular complexity index is 646. The normalized spacial score (nSPS) is 12.7. The van der Waals surface area contributed by atoms with E-state index >= 15 is 0 Å². The standard InChI is InChI=1S/C16H16N2S2/c17-12(11-19-13-6-2-1-3-7-13)10-16-18-14-8-4-5-9-15(14)20-16/h1-9,12H,10-11,17H2. The van der Waals surface area contributed by atoms with Gasteiger partial charge in [0.15, 0.2) is 0 Å². The minimum absolute atomic E-state index is 0.140. The first-order valence-electron chi connectivity index (χ1n) is 6.59. The number of fused-ring (bicyclic) bond motifs is 1. The average Bonchev–Trinajstić information content (AvgIpc) is 2.88. The molecular weight excluding hydrogens is 284 g/mol. The topological polar surface area (TPSA) is 38.9 Å². The summed E-state index contributed by atoms with van der Waals surface area (Å²) in [5.41, 5.74) is 7.30. The van der Waals surface area contributed by atoms with Gasteiger partial charge in [0.2, 0.25) is 0 Å². The molecule has 0 aliphatic rings. The molecule has 1 aromatic heterocycles. The third-order valence-electron chi connectivity index (χ3n) is 2.98. The lowest BCUT2D eigenvalue weighted by atomic mass is 10.2. The first kappa shape index (κ1) is 13.6. The molecule has 1 heterocycles. The molecule has 3 rings (SSSR count). The number of nitrogens with zero attached hydrogens (tertiary/aromatic N) is 1. The summed E-state index contributed by atoms with van der Waals surface area (Å²) in [6.07, 6.45) is 0.846. The molecule has 0 spiro atoms. The number of hydrogen-bond acceptors (Lipinski definition) is 4. The van der Waals surface area contributed by atoms with Gasteiger partial charge in [-0.1, -0.05) is 30.3 Å². The van der Waals surface area contributed by atoms with Crippen LogP contribution in [0.2, 0.25) is 0 Å². The summed E-state index contributed by atoms with van der Waals surface area (Å²) in [5.74, 6) is 0.917. The van der Waals surface area contributed by atoms with E-state index in [2.05, 4.69) is 47.4 Å². The van der Waals surface area contributed by atoms with Crippen molar-refractivity contribution < 1.29 is 0 Å². The van der Waals surface area contributed by atoms with E-state index in [-0.39, 0.29) is 6.04 Å². The molecule has 0 aliphatic heterocycles. The van der Waals surface area contributed by atoms with E-state index in [0.29, 0.717) is 0 Å². The monoisotopic (exact) mass is 300 g/mol. The van der Waals surface area contributed by atoms with Crippen LogP contribution in [0.1, 0.15) is 5.01 Å². The van der Waals surface area contributed by atoms with Crippen LogP contribution in [0, 0.1) is 0 Å². The lowest BCUT2D eigenvalue weighted by Crippen LogP contribution is -2.25. The third kappa shape index (κ3) is 3.39. The Kier molecular flexibility index (Phi) is 4.35. The van der Waals surface area contributed by atoms with Crippen LogP contribution < -0.4 is 5.73 Å². The summed E-state index contributed by atoms with van der Waals surface area (Å²) >= 11 is 3.55. The van der Waals surface area contributed by atoms with Crippen molar-refractivity contribution >= 4 is 33.3 Å². The molecule has 0 aliphatic carbocycles. The fourth-order valence-corrected chi connectivity index (χ4v) is 3.94. The Labute approximate surface area is 127 Å². The molecule has 0 fully saturated rings. The van der Waals surface area contributed by atoms with Crippen LogP contribution in [-0.2, 0) is 6.42 Å². The van der Waals surface area contributed by atoms with Gasteiger partial charge in [0.05, 0.1) is 15.2 Å². The molecule has 2 N–H and O–H groups in total. The highest BCUT2D eigenvalue weighted by atomic mass is 32.2. The smallest absolute Gasteiger partial charge is 0.0954 e. The summed E-state index contributed by atoms with van der Waals surface area (Å²) in [7, 11) is 0. The van der Waals surface area contributed by atoms with Gasteiger partial charge in [0, 0.05) is 23.1 Å². The van der Waals surface area contributed by atoms with Crippen LogP contribution in [0.15, 0.2) is 59.5 Å². The van der Waals surface area contributed by atoms with E-state index < -0.39 is 0 Å². The maximum Gasteiger partial charge on any atom is 0.0954 e. The number of rotatable bonds is 5. The fourth-order valence-electron chi connectivity index (χ4n) is 2.01. The van der Waals surface area contributed by atoms with Gasteiger partial charge >= 0.3 is 0 Å². The van der Waals surface area contributed by atoms with Gasteiger partial charge in [0.25, 0.3) is 0 Å². The zero-order chi connectivity index (χ0) is 13.8. The third-order valence-corrected chi connectivity index (χ3v) is 5.24. The molecule has 0 saturated heterocycles. The quantitative estimate of drug-likeness (QED) is 0.725. The number of para-hydroxylation sites is 1. The molecule has 102 valence electrons. The van der Waals surface area contributed by atoms with Crippen molar-refractivity contribution in [2.75, 3.05) is 5.75 Å². The Morgan fingerprint density at radius 2 is 1.80 bits per heavy atom. The van der Waals surface area contributed by atoms with Crippen molar-refractivity contribution in [2.24, 2.45) is 5.73 Å². The average molecular weight is 300 g/mol. The van der Waals surface area contributed by atoms with E-state index in [1.54, 1.807) is 23.1 Å². The number of nitrogens with two attached hydrogens (primary N) is 1. The summed E-state index contributed by atoms with van der Waals surface area (Å²) in [4.78, 5) is 5.91. The largest absolute Gasteiger partial charge is 0.327 e. The predicted octanol–water partition coefficient (Wildman–Crippen LogP) is 3.96. The predicted molar refractivity (Wildman–Crippen MR) is 88.5 cm³/mol. The second-order valence-electron chi connectivity index (χ2n) is 4.66. The molecule has 2 aromatic carbocycles. The van der Waals surface area contributed by atoms with Crippen molar-refractivity contribution in [1.82, 2.24) is 4.98 Å². The SMILES string of the molecule is NC(CSc1ccccc1)Cc1nc2ccccc2s1. The molecule has 3 aromatic rings. The molecule has 0 amide bonds. The summed E-state index contributed by atoms with van der Waals surface area (Å²) < 4.78 is 1.24. The summed E-state index contributed by atoms with van der Waals surface area (Å²) in [6.45, 7) is 0. The van der Waals surface area contributed by atoms with Gasteiger partial charge in [-0.2, -0.15) is 0 Å². The van der Waals surface area contributed by atoms with Crippen molar-refractivity contribution in [2.45, 2.75) is 17.4 Å². The van der Waals surface area contributed by atoms with Gasteiger partial charge in [-0.05, 0) is 24.3 Å². The molecule has 0 radical (unpaired) electrons. The number of benzene rings is 2. The van der Waals surface area contributed by atoms with E-state index in [9.17, 15) is 0 Å². The van der Waals surface area contributed by atoms with Gasteiger partial charge in [-0.25, -0.2) is 4.98 Å². The Morgan fingerprint density at radius 3 is 2.60 bits per heavy atom. The van der Waals surface area contributed by atoms with Crippen molar-refractivity contribution in [3.63, 3.8) is 0 Å². The van der Waals surface area contributed by atoms with Crippen LogP contribution >= 0.6 is 23.1 Å². The van der Waals surface area contributed by atoms with Crippen LogP contribution in [0.4, 0.5) is 0 Å². The van der Waals surface area contributed by atoms with Gasteiger partial charge < -0.3 is 5.73 Å². The highest BCUT2D eigenvalue weighted by Crippen LogP contribution is 2.24. The maximum atomic E-state index is 6.22. The number of hydrogen-bond donors (Lipinski definition) is 1. The van der Waals surface area contributed by atoms with E-state index in [1.807, 2.05) is 12.1 Å². The minimum atomic E-state index is 0.140. The van der Waals surface area contributed by atoms with E-state index in [1.165, 1.54) is 9.60 Å². The molecule has 4 heteroatoms. The zero-order valence-electron chi connectivity index (χ0n) is 11.0. The summed E-state index contributed by atoms with van der Waals surface area (Å²) in [5, 5.41) is 1.13. The minimum Gasteiger partial charge on any atom is -0.327 e. The van der Waals surface area contributed by atoms with Gasteiger partial charge in [-0.3, -0.25) is 0 Å². The number of thiazole rings is 1. The lowest BCUT2D eigenvalue weighted by molar-refractivity contribution is 0.745. The van der Waals surface area contributed by atoms with Crippen LogP contribution in [0.3, 0.4) is 0 Å². The second-order valence-corrected chi connectivity index (χ2v) is 6.87. The van der Waals surface area contributed by atoms with Crippen molar-refractivity contribution in [3.05, 3.63) is 59.6 Å². The highest BCUT2D eigenvalue weighted by molar-refractivity contribution is 7.99. The fraction of sp³-hybridized carbons (Fsp3) is 0.188.